The minimum absolute atomic E-state index is 0.0788. The second-order valence-electron chi connectivity index (χ2n) is 5.05. The van der Waals surface area contributed by atoms with Gasteiger partial charge < -0.3 is 15.5 Å². The lowest BCUT2D eigenvalue weighted by Gasteiger charge is -2.38. The number of nitrogens with zero attached hydrogens (tertiary/aromatic N) is 2. The molecule has 0 radical (unpaired) electrons. The number of hydrogen-bond acceptors (Lipinski definition) is 3. The molecule has 0 saturated carbocycles. The minimum atomic E-state index is 0.0788. The first-order chi connectivity index (χ1) is 8.99. The molecule has 1 aliphatic rings. The fourth-order valence-corrected chi connectivity index (χ4v) is 2.52. The molecule has 0 aliphatic carbocycles. The molecule has 1 amide bonds. The maximum absolute atomic E-state index is 12.4. The van der Waals surface area contributed by atoms with E-state index in [1.165, 1.54) is 0 Å². The van der Waals surface area contributed by atoms with Gasteiger partial charge >= 0.3 is 0 Å². The predicted molar refractivity (Wildman–Crippen MR) is 80.3 cm³/mol. The maximum atomic E-state index is 12.4. The Morgan fingerprint density at radius 3 is 2.37 bits per heavy atom. The standard InChI is InChI=1S/C14H19N3OS/c1-10-9-16(2)7-8-17(10)14(18)12-5-3-11(4-6-12)13(15)19/h3-6,10H,7-9H2,1-2H3,(H2,15,19). The summed E-state index contributed by atoms with van der Waals surface area (Å²) in [7, 11) is 2.08. The fraction of sp³-hybridized carbons (Fsp3) is 0.429. The van der Waals surface area contributed by atoms with Gasteiger partial charge in [0.1, 0.15) is 4.99 Å². The number of nitrogens with two attached hydrogens (primary N) is 1. The normalized spacial score (nSPS) is 20.3. The van der Waals surface area contributed by atoms with E-state index in [1.807, 2.05) is 4.90 Å². The van der Waals surface area contributed by atoms with Gasteiger partial charge in [-0.25, -0.2) is 0 Å². The molecule has 0 spiro atoms. The minimum Gasteiger partial charge on any atom is -0.389 e. The highest BCUT2D eigenvalue weighted by molar-refractivity contribution is 7.80. The highest BCUT2D eigenvalue weighted by atomic mass is 32.1. The summed E-state index contributed by atoms with van der Waals surface area (Å²) in [5, 5.41) is 0. The third-order valence-electron chi connectivity index (χ3n) is 3.51. The average molecular weight is 277 g/mol. The first-order valence-electron chi connectivity index (χ1n) is 6.38. The SMILES string of the molecule is CC1CN(C)CCN1C(=O)c1ccc(C(N)=S)cc1. The molecule has 102 valence electrons. The largest absolute Gasteiger partial charge is 0.389 e. The van der Waals surface area contributed by atoms with Crippen molar-refractivity contribution in [2.75, 3.05) is 26.7 Å². The summed E-state index contributed by atoms with van der Waals surface area (Å²) in [4.78, 5) is 17.0. The number of amides is 1. The van der Waals surface area contributed by atoms with Crippen molar-refractivity contribution in [2.45, 2.75) is 13.0 Å². The summed E-state index contributed by atoms with van der Waals surface area (Å²) >= 11 is 4.90. The lowest BCUT2D eigenvalue weighted by molar-refractivity contribution is 0.0533. The van der Waals surface area contributed by atoms with Gasteiger partial charge in [-0.2, -0.15) is 0 Å². The Morgan fingerprint density at radius 1 is 1.26 bits per heavy atom. The highest BCUT2D eigenvalue weighted by Gasteiger charge is 2.26. The molecule has 0 aromatic heterocycles. The molecule has 1 aliphatic heterocycles. The van der Waals surface area contributed by atoms with Crippen molar-refractivity contribution in [3.63, 3.8) is 0 Å². The Morgan fingerprint density at radius 2 is 1.84 bits per heavy atom. The average Bonchev–Trinajstić information content (AvgIpc) is 2.38. The summed E-state index contributed by atoms with van der Waals surface area (Å²) < 4.78 is 0. The number of carbonyl (C=O) groups excluding carboxylic acids is 1. The van der Waals surface area contributed by atoms with E-state index in [0.29, 0.717) is 10.6 Å². The van der Waals surface area contributed by atoms with Gasteiger partial charge in [0, 0.05) is 36.8 Å². The molecule has 19 heavy (non-hydrogen) atoms. The molecule has 2 rings (SSSR count). The van der Waals surface area contributed by atoms with Crippen LogP contribution >= 0.6 is 12.2 Å². The zero-order valence-electron chi connectivity index (χ0n) is 11.3. The second-order valence-corrected chi connectivity index (χ2v) is 5.49. The van der Waals surface area contributed by atoms with Crippen LogP contribution in [-0.2, 0) is 0 Å². The topological polar surface area (TPSA) is 49.6 Å². The van der Waals surface area contributed by atoms with E-state index in [1.54, 1.807) is 24.3 Å². The van der Waals surface area contributed by atoms with E-state index in [4.69, 9.17) is 18.0 Å². The smallest absolute Gasteiger partial charge is 0.254 e. The van der Waals surface area contributed by atoms with E-state index in [2.05, 4.69) is 18.9 Å². The summed E-state index contributed by atoms with van der Waals surface area (Å²) in [5.74, 6) is 0.0788. The number of benzene rings is 1. The van der Waals surface area contributed by atoms with Gasteiger partial charge in [0.05, 0.1) is 0 Å². The molecule has 1 unspecified atom stereocenters. The van der Waals surface area contributed by atoms with Crippen molar-refractivity contribution in [3.8, 4) is 0 Å². The molecule has 1 heterocycles. The molecular formula is C14H19N3OS. The van der Waals surface area contributed by atoms with Crippen LogP contribution in [0.25, 0.3) is 0 Å². The van der Waals surface area contributed by atoms with Crippen LogP contribution in [0.5, 0.6) is 0 Å². The molecule has 5 heteroatoms. The van der Waals surface area contributed by atoms with E-state index in [9.17, 15) is 4.79 Å². The predicted octanol–water partition coefficient (Wildman–Crippen LogP) is 1.10. The van der Waals surface area contributed by atoms with Crippen molar-refractivity contribution in [1.82, 2.24) is 9.80 Å². The van der Waals surface area contributed by atoms with Gasteiger partial charge in [0.2, 0.25) is 0 Å². The quantitative estimate of drug-likeness (QED) is 0.822. The maximum Gasteiger partial charge on any atom is 0.254 e. The molecule has 1 atom stereocenters. The van der Waals surface area contributed by atoms with Crippen LogP contribution in [0.3, 0.4) is 0 Å². The lowest BCUT2D eigenvalue weighted by atomic mass is 10.1. The molecule has 1 fully saturated rings. The Kier molecular flexibility index (Phi) is 4.17. The monoisotopic (exact) mass is 277 g/mol. The van der Waals surface area contributed by atoms with Crippen LogP contribution < -0.4 is 5.73 Å². The summed E-state index contributed by atoms with van der Waals surface area (Å²) in [6, 6.07) is 7.43. The van der Waals surface area contributed by atoms with Gasteiger partial charge in [-0.15, -0.1) is 0 Å². The van der Waals surface area contributed by atoms with Crippen molar-refractivity contribution in [1.29, 1.82) is 0 Å². The van der Waals surface area contributed by atoms with Gasteiger partial charge in [-0.3, -0.25) is 4.79 Å². The van der Waals surface area contributed by atoms with Crippen molar-refractivity contribution in [2.24, 2.45) is 5.73 Å². The zero-order valence-corrected chi connectivity index (χ0v) is 12.1. The second kappa shape index (κ2) is 5.67. The third-order valence-corrected chi connectivity index (χ3v) is 3.74. The Balaban J connectivity index is 2.13. The summed E-state index contributed by atoms with van der Waals surface area (Å²) in [6.07, 6.45) is 0. The lowest BCUT2D eigenvalue weighted by Crippen LogP contribution is -2.52. The van der Waals surface area contributed by atoms with E-state index in [0.717, 1.165) is 25.2 Å². The van der Waals surface area contributed by atoms with Crippen LogP contribution in [0.4, 0.5) is 0 Å². The molecule has 1 aromatic rings. The summed E-state index contributed by atoms with van der Waals surface area (Å²) in [5.41, 5.74) is 7.03. The Labute approximate surface area is 119 Å². The number of thiocarbonyl (C=S) groups is 1. The molecule has 1 aromatic carbocycles. The number of rotatable bonds is 2. The Hall–Kier alpha value is -1.46. The van der Waals surface area contributed by atoms with E-state index >= 15 is 0 Å². The van der Waals surface area contributed by atoms with Crippen LogP contribution in [0.15, 0.2) is 24.3 Å². The zero-order chi connectivity index (χ0) is 14.0. The molecule has 1 saturated heterocycles. The molecule has 2 N–H and O–H groups in total. The number of carbonyl (C=O) groups is 1. The molecular weight excluding hydrogens is 258 g/mol. The van der Waals surface area contributed by atoms with Crippen LogP contribution in [0, 0.1) is 0 Å². The fourth-order valence-electron chi connectivity index (χ4n) is 2.38. The van der Waals surface area contributed by atoms with Gasteiger partial charge in [0.25, 0.3) is 5.91 Å². The number of hydrogen-bond donors (Lipinski definition) is 1. The van der Waals surface area contributed by atoms with Crippen molar-refractivity contribution >= 4 is 23.1 Å². The Bertz CT molecular complexity index is 486. The number of likely N-dealkylation sites (N-methyl/N-ethyl adjacent to an activating group) is 1. The van der Waals surface area contributed by atoms with Crippen LogP contribution in [0.2, 0.25) is 0 Å². The number of piperazine rings is 1. The van der Waals surface area contributed by atoms with Crippen LogP contribution in [0.1, 0.15) is 22.8 Å². The van der Waals surface area contributed by atoms with Crippen LogP contribution in [-0.4, -0.2) is 53.4 Å². The first-order valence-corrected chi connectivity index (χ1v) is 6.79. The van der Waals surface area contributed by atoms with Crippen molar-refractivity contribution < 1.29 is 4.79 Å². The van der Waals surface area contributed by atoms with E-state index < -0.39 is 0 Å². The molecule has 0 bridgehead atoms. The van der Waals surface area contributed by atoms with E-state index in [-0.39, 0.29) is 11.9 Å². The highest BCUT2D eigenvalue weighted by Crippen LogP contribution is 2.14. The van der Waals surface area contributed by atoms with Gasteiger partial charge in [0.15, 0.2) is 0 Å². The first kappa shape index (κ1) is 14.0. The van der Waals surface area contributed by atoms with Gasteiger partial charge in [-0.1, -0.05) is 24.4 Å². The van der Waals surface area contributed by atoms with Crippen molar-refractivity contribution in [3.05, 3.63) is 35.4 Å². The summed E-state index contributed by atoms with van der Waals surface area (Å²) in [6.45, 7) is 4.68. The third kappa shape index (κ3) is 3.11. The molecule has 4 nitrogen and oxygen atoms in total. The van der Waals surface area contributed by atoms with Gasteiger partial charge in [-0.05, 0) is 26.1 Å².